The SMILES string of the molecule is CCCC(C#N)C(=O)c1c(OC)cccc1OC. The van der Waals surface area contributed by atoms with Crippen LogP contribution < -0.4 is 9.47 Å². The monoisotopic (exact) mass is 247 g/mol. The lowest BCUT2D eigenvalue weighted by molar-refractivity contribution is 0.0937. The van der Waals surface area contributed by atoms with Crippen LogP contribution in [0.25, 0.3) is 0 Å². The predicted octanol–water partition coefficient (Wildman–Crippen LogP) is 2.83. The summed E-state index contributed by atoms with van der Waals surface area (Å²) in [4.78, 5) is 12.3. The van der Waals surface area contributed by atoms with Gasteiger partial charge < -0.3 is 9.47 Å². The fourth-order valence-corrected chi connectivity index (χ4v) is 1.81. The minimum absolute atomic E-state index is 0.242. The first-order valence-electron chi connectivity index (χ1n) is 5.84. The van der Waals surface area contributed by atoms with Crippen LogP contribution >= 0.6 is 0 Å². The molecule has 0 radical (unpaired) electrons. The van der Waals surface area contributed by atoms with Crippen molar-refractivity contribution in [1.82, 2.24) is 0 Å². The summed E-state index contributed by atoms with van der Waals surface area (Å²) >= 11 is 0. The van der Waals surface area contributed by atoms with E-state index in [-0.39, 0.29) is 5.78 Å². The number of methoxy groups -OCH3 is 2. The number of Topliss-reactive ketones (excluding diaryl/α,β-unsaturated/α-hetero) is 1. The first-order chi connectivity index (χ1) is 8.69. The van der Waals surface area contributed by atoms with Gasteiger partial charge in [-0.25, -0.2) is 0 Å². The summed E-state index contributed by atoms with van der Waals surface area (Å²) in [6, 6.07) is 7.17. The van der Waals surface area contributed by atoms with Gasteiger partial charge in [-0.3, -0.25) is 4.79 Å². The van der Waals surface area contributed by atoms with Gasteiger partial charge in [0.15, 0.2) is 5.78 Å². The Hall–Kier alpha value is -2.02. The minimum Gasteiger partial charge on any atom is -0.496 e. The van der Waals surface area contributed by atoms with E-state index in [1.165, 1.54) is 14.2 Å². The Morgan fingerprint density at radius 3 is 2.28 bits per heavy atom. The summed E-state index contributed by atoms with van der Waals surface area (Å²) in [6.45, 7) is 1.94. The second-order valence-corrected chi connectivity index (χ2v) is 3.87. The van der Waals surface area contributed by atoms with Crippen LogP contribution in [0.5, 0.6) is 11.5 Å². The highest BCUT2D eigenvalue weighted by atomic mass is 16.5. The molecular weight excluding hydrogens is 230 g/mol. The van der Waals surface area contributed by atoms with Crippen LogP contribution in [0.1, 0.15) is 30.1 Å². The van der Waals surface area contributed by atoms with Gasteiger partial charge in [0.2, 0.25) is 0 Å². The molecule has 1 aromatic carbocycles. The molecule has 18 heavy (non-hydrogen) atoms. The quantitative estimate of drug-likeness (QED) is 0.725. The molecule has 0 heterocycles. The highest BCUT2D eigenvalue weighted by Gasteiger charge is 2.25. The van der Waals surface area contributed by atoms with Crippen molar-refractivity contribution < 1.29 is 14.3 Å². The molecule has 0 N–H and O–H groups in total. The summed E-state index contributed by atoms with van der Waals surface area (Å²) in [6.07, 6.45) is 1.32. The third-order valence-corrected chi connectivity index (χ3v) is 2.72. The number of benzene rings is 1. The van der Waals surface area contributed by atoms with E-state index in [9.17, 15) is 4.79 Å². The molecule has 4 nitrogen and oxygen atoms in total. The van der Waals surface area contributed by atoms with Crippen LogP contribution in [0.2, 0.25) is 0 Å². The van der Waals surface area contributed by atoms with Gasteiger partial charge in [0, 0.05) is 0 Å². The van der Waals surface area contributed by atoms with Crippen LogP contribution in [0.15, 0.2) is 18.2 Å². The molecule has 0 aliphatic rings. The van der Waals surface area contributed by atoms with Crippen molar-refractivity contribution in [3.8, 4) is 17.6 Å². The number of nitrogens with zero attached hydrogens (tertiary/aromatic N) is 1. The normalized spacial score (nSPS) is 11.4. The number of rotatable bonds is 6. The van der Waals surface area contributed by atoms with Gasteiger partial charge >= 0.3 is 0 Å². The standard InChI is InChI=1S/C14H17NO3/c1-4-6-10(9-15)14(16)13-11(17-2)7-5-8-12(13)18-3/h5,7-8,10H,4,6H2,1-3H3. The van der Waals surface area contributed by atoms with Crippen molar-refractivity contribution in [3.05, 3.63) is 23.8 Å². The third kappa shape index (κ3) is 2.80. The van der Waals surface area contributed by atoms with Crippen LogP contribution in [-0.4, -0.2) is 20.0 Å². The molecule has 0 amide bonds. The van der Waals surface area contributed by atoms with Crippen LogP contribution in [0, 0.1) is 17.2 Å². The maximum atomic E-state index is 12.3. The molecule has 1 unspecified atom stereocenters. The number of ketones is 1. The molecule has 1 rings (SSSR count). The average molecular weight is 247 g/mol. The minimum atomic E-state index is -0.653. The second-order valence-electron chi connectivity index (χ2n) is 3.87. The van der Waals surface area contributed by atoms with Crippen molar-refractivity contribution in [2.24, 2.45) is 5.92 Å². The van der Waals surface area contributed by atoms with Crippen LogP contribution in [0.4, 0.5) is 0 Å². The van der Waals surface area contributed by atoms with E-state index >= 15 is 0 Å². The maximum absolute atomic E-state index is 12.3. The molecule has 0 aromatic heterocycles. The van der Waals surface area contributed by atoms with Gasteiger partial charge in [0.05, 0.1) is 20.3 Å². The number of carbonyl (C=O) groups excluding carboxylic acids is 1. The van der Waals surface area contributed by atoms with E-state index in [1.54, 1.807) is 18.2 Å². The lowest BCUT2D eigenvalue weighted by Gasteiger charge is -2.14. The van der Waals surface area contributed by atoms with Crippen LogP contribution in [0.3, 0.4) is 0 Å². The lowest BCUT2D eigenvalue weighted by Crippen LogP contribution is -2.15. The fraction of sp³-hybridized carbons (Fsp3) is 0.429. The van der Waals surface area contributed by atoms with E-state index < -0.39 is 5.92 Å². The van der Waals surface area contributed by atoms with E-state index in [1.807, 2.05) is 13.0 Å². The topological polar surface area (TPSA) is 59.3 Å². The number of ether oxygens (including phenoxy) is 2. The molecule has 96 valence electrons. The largest absolute Gasteiger partial charge is 0.496 e. The van der Waals surface area contributed by atoms with Crippen LogP contribution in [-0.2, 0) is 0 Å². The first-order valence-corrected chi connectivity index (χ1v) is 5.84. The van der Waals surface area contributed by atoms with Crippen molar-refractivity contribution in [2.45, 2.75) is 19.8 Å². The first kappa shape index (κ1) is 14.0. The van der Waals surface area contributed by atoms with E-state index in [2.05, 4.69) is 0 Å². The lowest BCUT2D eigenvalue weighted by atomic mass is 9.93. The smallest absolute Gasteiger partial charge is 0.187 e. The van der Waals surface area contributed by atoms with E-state index in [0.717, 1.165) is 6.42 Å². The summed E-state index contributed by atoms with van der Waals surface area (Å²) in [7, 11) is 2.99. The molecule has 0 fully saturated rings. The van der Waals surface area contributed by atoms with Gasteiger partial charge in [-0.1, -0.05) is 19.4 Å². The molecule has 4 heteroatoms. The number of carbonyl (C=O) groups is 1. The van der Waals surface area contributed by atoms with Crippen molar-refractivity contribution in [3.63, 3.8) is 0 Å². The zero-order valence-electron chi connectivity index (χ0n) is 10.9. The predicted molar refractivity (Wildman–Crippen MR) is 67.9 cm³/mol. The fourth-order valence-electron chi connectivity index (χ4n) is 1.81. The molecule has 1 aromatic rings. The number of hydrogen-bond donors (Lipinski definition) is 0. The third-order valence-electron chi connectivity index (χ3n) is 2.72. The Kier molecular flexibility index (Phi) is 5.19. The Morgan fingerprint density at radius 2 is 1.89 bits per heavy atom. The van der Waals surface area contributed by atoms with E-state index in [0.29, 0.717) is 23.5 Å². The summed E-state index contributed by atoms with van der Waals surface area (Å²) in [5.74, 6) is -0.0137. The molecule has 0 saturated carbocycles. The van der Waals surface area contributed by atoms with Gasteiger partial charge in [-0.05, 0) is 18.6 Å². The molecule has 0 spiro atoms. The number of hydrogen-bond acceptors (Lipinski definition) is 4. The summed E-state index contributed by atoms with van der Waals surface area (Å²) < 4.78 is 10.3. The van der Waals surface area contributed by atoms with Gasteiger partial charge in [0.25, 0.3) is 0 Å². The molecule has 1 atom stereocenters. The Bertz CT molecular complexity index is 440. The van der Waals surface area contributed by atoms with Crippen molar-refractivity contribution >= 4 is 5.78 Å². The maximum Gasteiger partial charge on any atom is 0.187 e. The Balaban J connectivity index is 3.22. The summed E-state index contributed by atoms with van der Waals surface area (Å²) in [5.41, 5.74) is 0.350. The Labute approximate surface area is 107 Å². The Morgan fingerprint density at radius 1 is 1.33 bits per heavy atom. The van der Waals surface area contributed by atoms with Gasteiger partial charge in [-0.2, -0.15) is 5.26 Å². The molecule has 0 aliphatic carbocycles. The highest BCUT2D eigenvalue weighted by Crippen LogP contribution is 2.31. The highest BCUT2D eigenvalue weighted by molar-refractivity contribution is 6.04. The second kappa shape index (κ2) is 6.65. The molecule has 0 saturated heterocycles. The molecule has 0 bridgehead atoms. The number of nitriles is 1. The van der Waals surface area contributed by atoms with Gasteiger partial charge in [-0.15, -0.1) is 0 Å². The molecular formula is C14H17NO3. The summed E-state index contributed by atoms with van der Waals surface area (Å²) in [5, 5.41) is 9.06. The van der Waals surface area contributed by atoms with E-state index in [4.69, 9.17) is 14.7 Å². The molecule has 0 aliphatic heterocycles. The zero-order valence-corrected chi connectivity index (χ0v) is 10.9. The van der Waals surface area contributed by atoms with Gasteiger partial charge in [0.1, 0.15) is 23.0 Å². The van der Waals surface area contributed by atoms with Crippen molar-refractivity contribution in [2.75, 3.05) is 14.2 Å². The average Bonchev–Trinajstić information content (AvgIpc) is 2.42. The van der Waals surface area contributed by atoms with Crippen molar-refractivity contribution in [1.29, 1.82) is 5.26 Å². The zero-order chi connectivity index (χ0) is 13.5.